The van der Waals surface area contributed by atoms with E-state index in [-0.39, 0.29) is 22.7 Å². The average molecular weight is 505 g/mol. The van der Waals surface area contributed by atoms with Crippen LogP contribution in [0.3, 0.4) is 0 Å². The number of rotatable bonds is 7. The second kappa shape index (κ2) is 10.5. The van der Waals surface area contributed by atoms with Crippen LogP contribution in [0.15, 0.2) is 69.9 Å². The molecule has 0 saturated carbocycles. The molecular weight excluding hydrogens is 475 g/mol. The number of anilines is 1. The van der Waals surface area contributed by atoms with Crippen LogP contribution in [-0.2, 0) is 6.54 Å². The van der Waals surface area contributed by atoms with E-state index in [2.05, 4.69) is 9.80 Å². The molecule has 37 heavy (non-hydrogen) atoms. The standard InChI is InChI=1S/C29H29FN2O5/c1-3-35-25-6-4-5-7-26(25)37-28-19(2)36-29-22(27(28)34)12-13-24(33)23(29)18-31-14-16-32(17-15-31)21-10-8-20(30)9-11-21/h4-13,33H,3,14-18H2,1-2H3. The van der Waals surface area contributed by atoms with Gasteiger partial charge in [0.1, 0.15) is 22.9 Å². The van der Waals surface area contributed by atoms with Crippen LogP contribution < -0.4 is 19.8 Å². The minimum Gasteiger partial charge on any atom is -0.507 e. The Morgan fingerprint density at radius 2 is 1.68 bits per heavy atom. The number of para-hydroxylation sites is 2. The first-order chi connectivity index (χ1) is 17.9. The molecule has 7 nitrogen and oxygen atoms in total. The van der Waals surface area contributed by atoms with Crippen molar-refractivity contribution in [1.82, 2.24) is 4.90 Å². The van der Waals surface area contributed by atoms with E-state index in [1.807, 2.05) is 19.1 Å². The first-order valence-electron chi connectivity index (χ1n) is 12.4. The predicted octanol–water partition coefficient (Wildman–Crippen LogP) is 5.46. The normalized spacial score (nSPS) is 14.2. The Hall–Kier alpha value is -4.04. The van der Waals surface area contributed by atoms with Crippen LogP contribution in [0.2, 0.25) is 0 Å². The number of halogens is 1. The molecule has 0 bridgehead atoms. The number of phenolic OH excluding ortho intramolecular Hbond substituents is 1. The van der Waals surface area contributed by atoms with E-state index in [0.717, 1.165) is 31.9 Å². The molecule has 1 aromatic heterocycles. The molecule has 0 radical (unpaired) electrons. The van der Waals surface area contributed by atoms with E-state index in [0.29, 0.717) is 46.9 Å². The third-order valence-electron chi connectivity index (χ3n) is 6.57. The summed E-state index contributed by atoms with van der Waals surface area (Å²) in [7, 11) is 0. The molecule has 3 aromatic carbocycles. The molecule has 0 atom stereocenters. The summed E-state index contributed by atoms with van der Waals surface area (Å²) in [6, 6.07) is 16.7. The molecule has 192 valence electrons. The monoisotopic (exact) mass is 504 g/mol. The van der Waals surface area contributed by atoms with Gasteiger partial charge >= 0.3 is 0 Å². The van der Waals surface area contributed by atoms with Crippen LogP contribution in [-0.4, -0.2) is 42.8 Å². The average Bonchev–Trinajstić information content (AvgIpc) is 2.90. The maximum absolute atomic E-state index is 13.4. The van der Waals surface area contributed by atoms with Gasteiger partial charge in [-0.1, -0.05) is 12.1 Å². The van der Waals surface area contributed by atoms with Crippen molar-refractivity contribution in [2.75, 3.05) is 37.7 Å². The van der Waals surface area contributed by atoms with E-state index in [1.165, 1.54) is 18.2 Å². The molecule has 1 aliphatic rings. The van der Waals surface area contributed by atoms with Gasteiger partial charge in [-0.15, -0.1) is 0 Å². The van der Waals surface area contributed by atoms with E-state index in [4.69, 9.17) is 13.9 Å². The van der Waals surface area contributed by atoms with E-state index in [9.17, 15) is 14.3 Å². The molecule has 8 heteroatoms. The fourth-order valence-corrected chi connectivity index (χ4v) is 4.62. The topological polar surface area (TPSA) is 75.4 Å². The molecule has 0 amide bonds. The summed E-state index contributed by atoms with van der Waals surface area (Å²) >= 11 is 0. The Morgan fingerprint density at radius 3 is 2.38 bits per heavy atom. The van der Waals surface area contributed by atoms with Crippen molar-refractivity contribution in [3.8, 4) is 23.0 Å². The highest BCUT2D eigenvalue weighted by atomic mass is 19.1. The minimum absolute atomic E-state index is 0.0753. The van der Waals surface area contributed by atoms with E-state index < -0.39 is 0 Å². The second-order valence-corrected chi connectivity index (χ2v) is 8.98. The van der Waals surface area contributed by atoms with Gasteiger partial charge in [0.2, 0.25) is 11.2 Å². The van der Waals surface area contributed by atoms with Crippen molar-refractivity contribution < 1.29 is 23.4 Å². The molecule has 0 unspecified atom stereocenters. The Morgan fingerprint density at radius 1 is 0.973 bits per heavy atom. The lowest BCUT2D eigenvalue weighted by molar-refractivity contribution is 0.246. The van der Waals surface area contributed by atoms with Crippen LogP contribution in [0.1, 0.15) is 18.2 Å². The van der Waals surface area contributed by atoms with Crippen molar-refractivity contribution in [2.45, 2.75) is 20.4 Å². The number of phenols is 1. The van der Waals surface area contributed by atoms with Gasteiger partial charge in [0.15, 0.2) is 11.5 Å². The van der Waals surface area contributed by atoms with Gasteiger partial charge in [-0.05, 0) is 62.4 Å². The number of benzene rings is 3. The van der Waals surface area contributed by atoms with Crippen molar-refractivity contribution >= 4 is 16.7 Å². The quantitative estimate of drug-likeness (QED) is 0.358. The summed E-state index contributed by atoms with van der Waals surface area (Å²) in [5, 5.41) is 11.0. The summed E-state index contributed by atoms with van der Waals surface area (Å²) in [5.74, 6) is 1.19. The summed E-state index contributed by atoms with van der Waals surface area (Å²) < 4.78 is 31.0. The van der Waals surface area contributed by atoms with E-state index >= 15 is 0 Å². The summed E-state index contributed by atoms with van der Waals surface area (Å²) in [5.41, 5.74) is 1.59. The number of aryl methyl sites for hydroxylation is 1. The van der Waals surface area contributed by atoms with Crippen LogP contribution in [0, 0.1) is 12.7 Å². The Bertz CT molecular complexity index is 1460. The zero-order valence-corrected chi connectivity index (χ0v) is 20.9. The Kier molecular flexibility index (Phi) is 7.01. The van der Waals surface area contributed by atoms with Crippen molar-refractivity contribution in [3.63, 3.8) is 0 Å². The van der Waals surface area contributed by atoms with Gasteiger partial charge in [-0.25, -0.2) is 4.39 Å². The van der Waals surface area contributed by atoms with Crippen molar-refractivity contribution in [2.24, 2.45) is 0 Å². The molecule has 1 aliphatic heterocycles. The van der Waals surface area contributed by atoms with Crippen molar-refractivity contribution in [3.05, 3.63) is 88.0 Å². The second-order valence-electron chi connectivity index (χ2n) is 8.98. The number of hydrogen-bond acceptors (Lipinski definition) is 7. The third kappa shape index (κ3) is 5.11. The minimum atomic E-state index is -0.313. The van der Waals surface area contributed by atoms with Crippen molar-refractivity contribution in [1.29, 1.82) is 0 Å². The van der Waals surface area contributed by atoms with E-state index in [1.54, 1.807) is 37.3 Å². The maximum Gasteiger partial charge on any atom is 0.235 e. The number of piperazine rings is 1. The van der Waals surface area contributed by atoms with Crippen LogP contribution in [0.4, 0.5) is 10.1 Å². The molecule has 1 N–H and O–H groups in total. The van der Waals surface area contributed by atoms with Gasteiger partial charge in [0, 0.05) is 38.4 Å². The van der Waals surface area contributed by atoms with Gasteiger partial charge in [-0.2, -0.15) is 0 Å². The highest BCUT2D eigenvalue weighted by Crippen LogP contribution is 2.35. The Balaban J connectivity index is 1.39. The fraction of sp³-hybridized carbons (Fsp3) is 0.276. The highest BCUT2D eigenvalue weighted by molar-refractivity contribution is 5.83. The molecule has 1 saturated heterocycles. The highest BCUT2D eigenvalue weighted by Gasteiger charge is 2.23. The van der Waals surface area contributed by atoms with Gasteiger partial charge < -0.3 is 23.9 Å². The number of ether oxygens (including phenoxy) is 2. The summed E-state index contributed by atoms with van der Waals surface area (Å²) in [4.78, 5) is 17.9. The molecule has 0 spiro atoms. The SMILES string of the molecule is CCOc1ccccc1Oc1c(C)oc2c(CN3CCN(c4ccc(F)cc4)CC3)c(O)ccc2c1=O. The molecule has 5 rings (SSSR count). The van der Waals surface area contributed by atoms with Crippen LogP contribution in [0.25, 0.3) is 11.0 Å². The summed E-state index contributed by atoms with van der Waals surface area (Å²) in [6.45, 7) is 7.45. The first kappa shape index (κ1) is 24.6. The zero-order valence-electron chi connectivity index (χ0n) is 20.9. The molecular formula is C29H29FN2O5. The molecule has 4 aromatic rings. The first-order valence-corrected chi connectivity index (χ1v) is 12.4. The zero-order chi connectivity index (χ0) is 25.9. The fourth-order valence-electron chi connectivity index (χ4n) is 4.62. The molecule has 1 fully saturated rings. The lowest BCUT2D eigenvalue weighted by Gasteiger charge is -2.36. The van der Waals surface area contributed by atoms with Gasteiger partial charge in [0.25, 0.3) is 0 Å². The largest absolute Gasteiger partial charge is 0.507 e. The molecule has 2 heterocycles. The maximum atomic E-state index is 13.4. The Labute approximate surface area is 214 Å². The van der Waals surface area contributed by atoms with Crippen LogP contribution >= 0.6 is 0 Å². The lowest BCUT2D eigenvalue weighted by Crippen LogP contribution is -2.46. The number of aromatic hydroxyl groups is 1. The number of nitrogens with zero attached hydrogens (tertiary/aromatic N) is 2. The van der Waals surface area contributed by atoms with Crippen LogP contribution in [0.5, 0.6) is 23.0 Å². The lowest BCUT2D eigenvalue weighted by atomic mass is 10.1. The summed E-state index contributed by atoms with van der Waals surface area (Å²) in [6.07, 6.45) is 0. The smallest absolute Gasteiger partial charge is 0.235 e. The molecule has 0 aliphatic carbocycles. The van der Waals surface area contributed by atoms with Gasteiger partial charge in [0.05, 0.1) is 17.6 Å². The third-order valence-corrected chi connectivity index (χ3v) is 6.57. The number of hydrogen-bond donors (Lipinski definition) is 1. The van der Waals surface area contributed by atoms with Gasteiger partial charge in [-0.3, -0.25) is 9.69 Å². The predicted molar refractivity (Wildman–Crippen MR) is 140 cm³/mol. The number of fused-ring (bicyclic) bond motifs is 1.